The van der Waals surface area contributed by atoms with Gasteiger partial charge in [0.2, 0.25) is 0 Å². The molecule has 1 aromatic carbocycles. The first-order valence-electron chi connectivity index (χ1n) is 8.18. The molecule has 0 spiro atoms. The van der Waals surface area contributed by atoms with E-state index < -0.39 is 0 Å². The van der Waals surface area contributed by atoms with Gasteiger partial charge in [0.1, 0.15) is 0 Å². The monoisotopic (exact) mass is 259 g/mol. The lowest BCUT2D eigenvalue weighted by atomic mass is 9.93. The summed E-state index contributed by atoms with van der Waals surface area (Å²) in [5.74, 6) is 0.818. The number of rotatable bonds is 8. The highest BCUT2D eigenvalue weighted by Crippen LogP contribution is 2.38. The minimum Gasteiger partial charge on any atom is -0.310 e. The molecule has 2 atom stereocenters. The lowest BCUT2D eigenvalue weighted by molar-refractivity contribution is 0.359. The van der Waals surface area contributed by atoms with Gasteiger partial charge in [-0.2, -0.15) is 0 Å². The Balaban J connectivity index is 1.87. The van der Waals surface area contributed by atoms with Crippen LogP contribution < -0.4 is 5.32 Å². The fourth-order valence-electron chi connectivity index (χ4n) is 3.45. The zero-order valence-electron chi connectivity index (χ0n) is 12.6. The Kier molecular flexibility index (Phi) is 5.91. The van der Waals surface area contributed by atoms with E-state index in [1.165, 1.54) is 44.9 Å². The number of fused-ring (bicyclic) bond motifs is 1. The molecule has 1 nitrogen and oxygen atoms in total. The average Bonchev–Trinajstić information content (AvgIpc) is 2.78. The number of hydrogen-bond acceptors (Lipinski definition) is 1. The molecular formula is C18H29N. The Hall–Kier alpha value is -0.820. The molecule has 0 fully saturated rings. The molecule has 1 aliphatic carbocycles. The van der Waals surface area contributed by atoms with E-state index in [9.17, 15) is 0 Å². The summed E-state index contributed by atoms with van der Waals surface area (Å²) in [5.41, 5.74) is 3.13. The fraction of sp³-hybridized carbons (Fsp3) is 0.667. The van der Waals surface area contributed by atoms with Gasteiger partial charge in [-0.15, -0.1) is 0 Å². The first-order chi connectivity index (χ1) is 9.36. The summed E-state index contributed by atoms with van der Waals surface area (Å²) < 4.78 is 0. The number of benzene rings is 1. The van der Waals surface area contributed by atoms with Crippen LogP contribution in [-0.4, -0.2) is 6.54 Å². The summed E-state index contributed by atoms with van der Waals surface area (Å²) in [6, 6.07) is 9.61. The van der Waals surface area contributed by atoms with Gasteiger partial charge in [-0.1, -0.05) is 70.2 Å². The number of nitrogens with one attached hydrogen (secondary N) is 1. The molecule has 0 radical (unpaired) electrons. The van der Waals surface area contributed by atoms with Gasteiger partial charge in [-0.05, 0) is 36.4 Å². The Morgan fingerprint density at radius 1 is 1.05 bits per heavy atom. The second-order valence-corrected chi connectivity index (χ2v) is 5.90. The van der Waals surface area contributed by atoms with Crippen molar-refractivity contribution in [3.05, 3.63) is 35.4 Å². The predicted molar refractivity (Wildman–Crippen MR) is 83.4 cm³/mol. The van der Waals surface area contributed by atoms with E-state index >= 15 is 0 Å². The van der Waals surface area contributed by atoms with Crippen LogP contribution in [0.1, 0.15) is 69.5 Å². The maximum absolute atomic E-state index is 3.70. The maximum atomic E-state index is 3.70. The van der Waals surface area contributed by atoms with Crippen molar-refractivity contribution in [2.45, 2.75) is 64.8 Å². The minimum atomic E-state index is 0.604. The normalized spacial score (nSPS) is 21.6. The largest absolute Gasteiger partial charge is 0.310 e. The summed E-state index contributed by atoms with van der Waals surface area (Å²) in [6.07, 6.45) is 9.65. The highest BCUT2D eigenvalue weighted by atomic mass is 14.9. The third-order valence-corrected chi connectivity index (χ3v) is 4.45. The molecule has 0 bridgehead atoms. The highest BCUT2D eigenvalue weighted by molar-refractivity contribution is 5.35. The Labute approximate surface area is 118 Å². The van der Waals surface area contributed by atoms with Crippen molar-refractivity contribution >= 4 is 0 Å². The van der Waals surface area contributed by atoms with Crippen LogP contribution in [0, 0.1) is 5.92 Å². The molecule has 0 aromatic heterocycles. The molecule has 0 amide bonds. The van der Waals surface area contributed by atoms with Crippen LogP contribution in [-0.2, 0) is 6.42 Å². The zero-order chi connectivity index (χ0) is 13.5. The molecule has 2 rings (SSSR count). The van der Waals surface area contributed by atoms with Crippen molar-refractivity contribution in [1.29, 1.82) is 0 Å². The molecular weight excluding hydrogens is 230 g/mol. The van der Waals surface area contributed by atoms with Gasteiger partial charge >= 0.3 is 0 Å². The van der Waals surface area contributed by atoms with Gasteiger partial charge < -0.3 is 5.32 Å². The summed E-state index contributed by atoms with van der Waals surface area (Å²) in [5, 5.41) is 3.70. The third-order valence-electron chi connectivity index (χ3n) is 4.45. The van der Waals surface area contributed by atoms with Crippen molar-refractivity contribution in [2.75, 3.05) is 6.54 Å². The molecule has 2 unspecified atom stereocenters. The minimum absolute atomic E-state index is 0.604. The van der Waals surface area contributed by atoms with Crippen LogP contribution in [0.3, 0.4) is 0 Å². The quantitative estimate of drug-likeness (QED) is 0.657. The summed E-state index contributed by atoms with van der Waals surface area (Å²) in [7, 11) is 0. The molecule has 0 aliphatic heterocycles. The maximum Gasteiger partial charge on any atom is 0.0354 e. The average molecular weight is 259 g/mol. The lowest BCUT2D eigenvalue weighted by Crippen LogP contribution is -2.25. The van der Waals surface area contributed by atoms with E-state index in [1.54, 1.807) is 11.1 Å². The van der Waals surface area contributed by atoms with Crippen molar-refractivity contribution in [3.63, 3.8) is 0 Å². The van der Waals surface area contributed by atoms with E-state index in [4.69, 9.17) is 0 Å². The van der Waals surface area contributed by atoms with Gasteiger partial charge in [-0.25, -0.2) is 0 Å². The van der Waals surface area contributed by atoms with Crippen molar-refractivity contribution < 1.29 is 0 Å². The molecule has 0 saturated carbocycles. The first-order valence-corrected chi connectivity index (χ1v) is 8.18. The molecule has 106 valence electrons. The summed E-state index contributed by atoms with van der Waals surface area (Å²) in [6.45, 7) is 5.58. The molecule has 1 heteroatoms. The smallest absolute Gasteiger partial charge is 0.0354 e. The van der Waals surface area contributed by atoms with Crippen LogP contribution in [0.4, 0.5) is 0 Å². The van der Waals surface area contributed by atoms with Gasteiger partial charge in [0.15, 0.2) is 0 Å². The highest BCUT2D eigenvalue weighted by Gasteiger charge is 2.30. The van der Waals surface area contributed by atoms with E-state index in [1.807, 2.05) is 0 Å². The molecule has 1 N–H and O–H groups in total. The lowest BCUT2D eigenvalue weighted by Gasteiger charge is -2.21. The van der Waals surface area contributed by atoms with E-state index in [0.29, 0.717) is 6.04 Å². The molecule has 0 heterocycles. The van der Waals surface area contributed by atoms with Crippen LogP contribution in [0.5, 0.6) is 0 Å². The van der Waals surface area contributed by atoms with Crippen molar-refractivity contribution in [1.82, 2.24) is 5.32 Å². The van der Waals surface area contributed by atoms with Crippen LogP contribution >= 0.6 is 0 Å². The van der Waals surface area contributed by atoms with E-state index in [-0.39, 0.29) is 0 Å². The van der Waals surface area contributed by atoms with Crippen molar-refractivity contribution in [3.8, 4) is 0 Å². The second-order valence-electron chi connectivity index (χ2n) is 5.90. The van der Waals surface area contributed by atoms with E-state index in [2.05, 4.69) is 43.4 Å². The first kappa shape index (κ1) is 14.6. The van der Waals surface area contributed by atoms with Crippen LogP contribution in [0.15, 0.2) is 24.3 Å². The second kappa shape index (κ2) is 7.69. The Morgan fingerprint density at radius 2 is 1.84 bits per heavy atom. The summed E-state index contributed by atoms with van der Waals surface area (Å²) >= 11 is 0. The number of unbranched alkanes of at least 4 members (excludes halogenated alkanes) is 4. The Bertz CT molecular complexity index is 372. The van der Waals surface area contributed by atoms with Crippen molar-refractivity contribution in [2.24, 2.45) is 5.92 Å². The topological polar surface area (TPSA) is 12.0 Å². The van der Waals surface area contributed by atoms with Crippen LogP contribution in [0.2, 0.25) is 0 Å². The van der Waals surface area contributed by atoms with Gasteiger partial charge in [0.05, 0.1) is 0 Å². The van der Waals surface area contributed by atoms with Gasteiger partial charge in [0.25, 0.3) is 0 Å². The number of hydrogen-bond donors (Lipinski definition) is 1. The third kappa shape index (κ3) is 3.82. The van der Waals surface area contributed by atoms with Gasteiger partial charge in [-0.3, -0.25) is 0 Å². The van der Waals surface area contributed by atoms with Gasteiger partial charge in [0, 0.05) is 6.04 Å². The standard InChI is InChI=1S/C18H29N/c1-3-5-6-7-8-12-16-14-15-11-9-10-13-17(15)18(16)19-4-2/h9-11,13,16,18-19H,3-8,12,14H2,1-2H3. The van der Waals surface area contributed by atoms with E-state index in [0.717, 1.165) is 12.5 Å². The molecule has 0 saturated heterocycles. The molecule has 1 aromatic rings. The molecule has 19 heavy (non-hydrogen) atoms. The van der Waals surface area contributed by atoms with Crippen LogP contribution in [0.25, 0.3) is 0 Å². The fourth-order valence-corrected chi connectivity index (χ4v) is 3.45. The summed E-state index contributed by atoms with van der Waals surface area (Å²) in [4.78, 5) is 0. The SMILES string of the molecule is CCCCCCCC1Cc2ccccc2C1NCC. The zero-order valence-corrected chi connectivity index (χ0v) is 12.6. The molecule has 1 aliphatic rings. The Morgan fingerprint density at radius 3 is 2.63 bits per heavy atom. The predicted octanol–water partition coefficient (Wildman–Crippen LogP) is 4.87.